The smallest absolute Gasteiger partial charge is 0.407 e. The molecule has 0 radical (unpaired) electrons. The molecule has 0 unspecified atom stereocenters. The van der Waals surface area contributed by atoms with Crippen molar-refractivity contribution in [3.05, 3.63) is 59.7 Å². The number of fused-ring (bicyclic) bond motifs is 3. The van der Waals surface area contributed by atoms with E-state index in [1.54, 1.807) is 6.92 Å². The molecule has 1 aliphatic rings. The summed E-state index contributed by atoms with van der Waals surface area (Å²) in [5.74, 6) is -1.79. The van der Waals surface area contributed by atoms with Crippen molar-refractivity contribution in [2.75, 3.05) is 26.3 Å². The van der Waals surface area contributed by atoms with Crippen LogP contribution in [0.25, 0.3) is 11.1 Å². The van der Waals surface area contributed by atoms with Crippen LogP contribution < -0.4 is 5.32 Å². The van der Waals surface area contributed by atoms with E-state index in [9.17, 15) is 14.4 Å². The molecule has 0 saturated carbocycles. The molecule has 0 saturated heterocycles. The van der Waals surface area contributed by atoms with Gasteiger partial charge in [0.2, 0.25) is 5.91 Å². The molecule has 1 aliphatic carbocycles. The Hall–Kier alpha value is -3.39. The number of nitrogens with zero attached hydrogens (tertiary/aromatic N) is 1. The Morgan fingerprint density at radius 2 is 1.59 bits per heavy atom. The standard InChI is InChI=1S/C26H32N2O6/c1-5-28(14-23(29)30)24(31)22(16-34-26(2,3)4)27-25(32)33-15-21-19-12-8-6-10-17(19)18-11-7-9-13-20(18)21/h6-13,21-22H,5,14-16H2,1-4H3,(H,27,32)(H,29,30)/t22-/m0/s1. The number of carboxylic acids is 1. The van der Waals surface area contributed by atoms with Gasteiger partial charge < -0.3 is 24.8 Å². The number of aliphatic carboxylic acids is 1. The Kier molecular flexibility index (Phi) is 7.94. The molecule has 0 bridgehead atoms. The molecular formula is C26H32N2O6. The Morgan fingerprint density at radius 1 is 1.03 bits per heavy atom. The first-order valence-corrected chi connectivity index (χ1v) is 11.4. The van der Waals surface area contributed by atoms with Gasteiger partial charge in [-0.25, -0.2) is 4.79 Å². The van der Waals surface area contributed by atoms with Crippen molar-refractivity contribution in [3.8, 4) is 11.1 Å². The monoisotopic (exact) mass is 468 g/mol. The molecule has 8 nitrogen and oxygen atoms in total. The van der Waals surface area contributed by atoms with Crippen LogP contribution in [0.1, 0.15) is 44.7 Å². The highest BCUT2D eigenvalue weighted by atomic mass is 16.5. The number of ether oxygens (including phenoxy) is 2. The lowest BCUT2D eigenvalue weighted by atomic mass is 9.98. The van der Waals surface area contributed by atoms with Gasteiger partial charge in [-0.1, -0.05) is 48.5 Å². The van der Waals surface area contributed by atoms with Crippen LogP contribution in [0.2, 0.25) is 0 Å². The highest BCUT2D eigenvalue weighted by Gasteiger charge is 2.31. The predicted molar refractivity (Wildman–Crippen MR) is 128 cm³/mol. The topological polar surface area (TPSA) is 105 Å². The third kappa shape index (κ3) is 6.14. The molecule has 3 rings (SSSR count). The van der Waals surface area contributed by atoms with Crippen molar-refractivity contribution in [1.82, 2.24) is 10.2 Å². The van der Waals surface area contributed by atoms with E-state index >= 15 is 0 Å². The summed E-state index contributed by atoms with van der Waals surface area (Å²) < 4.78 is 11.3. The fourth-order valence-electron chi connectivity index (χ4n) is 4.02. The first-order valence-electron chi connectivity index (χ1n) is 11.4. The zero-order valence-electron chi connectivity index (χ0n) is 20.0. The van der Waals surface area contributed by atoms with E-state index in [-0.39, 0.29) is 25.7 Å². The van der Waals surface area contributed by atoms with Crippen molar-refractivity contribution < 1.29 is 29.0 Å². The van der Waals surface area contributed by atoms with Crippen molar-refractivity contribution in [3.63, 3.8) is 0 Å². The van der Waals surface area contributed by atoms with Crippen LogP contribution in [0, 0.1) is 0 Å². The van der Waals surface area contributed by atoms with Crippen LogP contribution in [0.15, 0.2) is 48.5 Å². The van der Waals surface area contributed by atoms with E-state index in [1.807, 2.05) is 57.2 Å². The van der Waals surface area contributed by atoms with Crippen LogP contribution >= 0.6 is 0 Å². The van der Waals surface area contributed by atoms with Gasteiger partial charge in [-0.2, -0.15) is 0 Å². The molecule has 182 valence electrons. The number of likely N-dealkylation sites (N-methyl/N-ethyl adjacent to an activating group) is 1. The van der Waals surface area contributed by atoms with Crippen LogP contribution in [-0.4, -0.2) is 65.9 Å². The highest BCUT2D eigenvalue weighted by molar-refractivity contribution is 5.88. The Labute approximate surface area is 199 Å². The van der Waals surface area contributed by atoms with E-state index in [4.69, 9.17) is 14.6 Å². The fourth-order valence-corrected chi connectivity index (χ4v) is 4.02. The first-order chi connectivity index (χ1) is 16.1. The number of hydrogen-bond donors (Lipinski definition) is 2. The quantitative estimate of drug-likeness (QED) is 0.582. The van der Waals surface area contributed by atoms with Gasteiger partial charge >= 0.3 is 12.1 Å². The van der Waals surface area contributed by atoms with Gasteiger partial charge in [-0.3, -0.25) is 9.59 Å². The highest BCUT2D eigenvalue weighted by Crippen LogP contribution is 2.44. The minimum atomic E-state index is -1.13. The molecule has 2 aromatic rings. The number of hydrogen-bond acceptors (Lipinski definition) is 5. The summed E-state index contributed by atoms with van der Waals surface area (Å²) in [4.78, 5) is 38.0. The van der Waals surface area contributed by atoms with Gasteiger partial charge in [-0.05, 0) is 49.9 Å². The lowest BCUT2D eigenvalue weighted by Crippen LogP contribution is -2.53. The summed E-state index contributed by atoms with van der Waals surface area (Å²) in [5.41, 5.74) is 3.85. The molecule has 2 amide bonds. The minimum absolute atomic E-state index is 0.105. The van der Waals surface area contributed by atoms with Crippen molar-refractivity contribution in [2.24, 2.45) is 0 Å². The SMILES string of the molecule is CCN(CC(=O)O)C(=O)[C@H](COC(C)(C)C)NC(=O)OCC1c2ccccc2-c2ccccc21. The minimum Gasteiger partial charge on any atom is -0.480 e. The Morgan fingerprint density at radius 3 is 2.09 bits per heavy atom. The number of nitrogens with one attached hydrogen (secondary N) is 1. The number of rotatable bonds is 9. The van der Waals surface area contributed by atoms with Gasteiger partial charge in [0.05, 0.1) is 12.2 Å². The van der Waals surface area contributed by atoms with Crippen LogP contribution in [0.4, 0.5) is 4.79 Å². The maximum atomic E-state index is 13.0. The molecule has 0 spiro atoms. The average Bonchev–Trinajstić information content (AvgIpc) is 3.11. The normalized spacial score (nSPS) is 13.5. The third-order valence-electron chi connectivity index (χ3n) is 5.64. The molecule has 0 aliphatic heterocycles. The summed E-state index contributed by atoms with van der Waals surface area (Å²) >= 11 is 0. The van der Waals surface area contributed by atoms with E-state index in [1.165, 1.54) is 0 Å². The number of carboxylic acid groups (broad SMARTS) is 1. The van der Waals surface area contributed by atoms with Crippen LogP contribution in [0.5, 0.6) is 0 Å². The zero-order chi connectivity index (χ0) is 24.9. The lowest BCUT2D eigenvalue weighted by molar-refractivity contribution is -0.146. The predicted octanol–water partition coefficient (Wildman–Crippen LogP) is 3.64. The van der Waals surface area contributed by atoms with Crippen molar-refractivity contribution >= 4 is 18.0 Å². The van der Waals surface area contributed by atoms with Gasteiger partial charge in [0.25, 0.3) is 0 Å². The summed E-state index contributed by atoms with van der Waals surface area (Å²) in [6.45, 7) is 6.88. The fraction of sp³-hybridized carbons (Fsp3) is 0.423. The maximum absolute atomic E-state index is 13.0. The molecule has 1 atom stereocenters. The van der Waals surface area contributed by atoms with Gasteiger partial charge in [0.15, 0.2) is 0 Å². The van der Waals surface area contributed by atoms with E-state index in [2.05, 4.69) is 17.4 Å². The molecule has 0 fully saturated rings. The number of benzene rings is 2. The summed E-state index contributed by atoms with van der Waals surface area (Å²) in [6.07, 6.45) is -0.760. The lowest BCUT2D eigenvalue weighted by Gasteiger charge is -2.28. The molecule has 0 aromatic heterocycles. The number of alkyl carbamates (subject to hydrolysis) is 1. The Balaban J connectivity index is 1.70. The molecule has 34 heavy (non-hydrogen) atoms. The second kappa shape index (κ2) is 10.7. The molecule has 0 heterocycles. The Bertz CT molecular complexity index is 1000. The summed E-state index contributed by atoms with van der Waals surface area (Å²) in [7, 11) is 0. The van der Waals surface area contributed by atoms with Crippen molar-refractivity contribution in [2.45, 2.75) is 45.3 Å². The molecule has 2 N–H and O–H groups in total. The summed E-state index contributed by atoms with van der Waals surface area (Å²) in [5, 5.41) is 11.7. The average molecular weight is 469 g/mol. The second-order valence-electron chi connectivity index (χ2n) is 9.19. The molecule has 2 aromatic carbocycles. The van der Waals surface area contributed by atoms with Crippen LogP contribution in [0.3, 0.4) is 0 Å². The van der Waals surface area contributed by atoms with Crippen LogP contribution in [-0.2, 0) is 19.1 Å². The summed E-state index contributed by atoms with van der Waals surface area (Å²) in [6, 6.07) is 14.9. The zero-order valence-corrected chi connectivity index (χ0v) is 20.0. The van der Waals surface area contributed by atoms with Gasteiger partial charge in [0.1, 0.15) is 19.2 Å². The largest absolute Gasteiger partial charge is 0.480 e. The van der Waals surface area contributed by atoms with E-state index in [0.29, 0.717) is 0 Å². The van der Waals surface area contributed by atoms with Gasteiger partial charge in [-0.15, -0.1) is 0 Å². The second-order valence-corrected chi connectivity index (χ2v) is 9.19. The third-order valence-corrected chi connectivity index (χ3v) is 5.64. The molecular weight excluding hydrogens is 436 g/mol. The van der Waals surface area contributed by atoms with Gasteiger partial charge in [0, 0.05) is 12.5 Å². The number of amides is 2. The number of carbonyl (C=O) groups is 3. The maximum Gasteiger partial charge on any atom is 0.407 e. The molecule has 8 heteroatoms. The van der Waals surface area contributed by atoms with E-state index in [0.717, 1.165) is 27.2 Å². The van der Waals surface area contributed by atoms with Crippen molar-refractivity contribution in [1.29, 1.82) is 0 Å². The van der Waals surface area contributed by atoms with E-state index < -0.39 is 36.2 Å². The first kappa shape index (κ1) is 25.2. The number of carbonyl (C=O) groups excluding carboxylic acids is 2.